The molecule has 0 bridgehead atoms. The van der Waals surface area contributed by atoms with E-state index in [0.29, 0.717) is 12.6 Å². The number of hydrogen-bond acceptors (Lipinski definition) is 2. The molecule has 0 heterocycles. The lowest BCUT2D eigenvalue weighted by Crippen LogP contribution is -2.22. The van der Waals surface area contributed by atoms with Crippen LogP contribution in [0.4, 0.5) is 0 Å². The van der Waals surface area contributed by atoms with E-state index in [1.807, 2.05) is 19.1 Å². The third kappa shape index (κ3) is 4.99. The van der Waals surface area contributed by atoms with Gasteiger partial charge in [0.05, 0.1) is 6.61 Å². The van der Waals surface area contributed by atoms with Crippen LogP contribution in [0.25, 0.3) is 6.08 Å². The van der Waals surface area contributed by atoms with Crippen LogP contribution in [0.15, 0.2) is 30.3 Å². The average molecular weight is 219 g/mol. The van der Waals surface area contributed by atoms with Crippen LogP contribution in [-0.4, -0.2) is 19.2 Å². The molecule has 0 fully saturated rings. The predicted molar refractivity (Wildman–Crippen MR) is 69.8 cm³/mol. The maximum atomic E-state index is 5.44. The quantitative estimate of drug-likeness (QED) is 0.793. The fourth-order valence-corrected chi connectivity index (χ4v) is 1.37. The Hall–Kier alpha value is -1.28. The van der Waals surface area contributed by atoms with Crippen molar-refractivity contribution in [3.05, 3.63) is 35.9 Å². The standard InChI is InChI=1S/C14H21NO/c1-4-16-14-9-5-7-13(11-14)8-6-10-15-12(2)3/h5-9,11-12,15H,4,10H2,1-3H3. The zero-order chi connectivity index (χ0) is 11.8. The van der Waals surface area contributed by atoms with Crippen LogP contribution < -0.4 is 10.1 Å². The second-order valence-electron chi connectivity index (χ2n) is 3.97. The van der Waals surface area contributed by atoms with Crippen molar-refractivity contribution in [2.75, 3.05) is 13.2 Å². The molecule has 0 spiro atoms. The highest BCUT2D eigenvalue weighted by Crippen LogP contribution is 2.14. The fourth-order valence-electron chi connectivity index (χ4n) is 1.37. The molecule has 1 aromatic carbocycles. The first-order valence-electron chi connectivity index (χ1n) is 5.85. The van der Waals surface area contributed by atoms with Crippen LogP contribution in [0.1, 0.15) is 26.3 Å². The van der Waals surface area contributed by atoms with E-state index in [-0.39, 0.29) is 0 Å². The molecular formula is C14H21NO. The largest absolute Gasteiger partial charge is 0.494 e. The first kappa shape index (κ1) is 12.8. The molecule has 16 heavy (non-hydrogen) atoms. The molecule has 0 saturated heterocycles. The second kappa shape index (κ2) is 7.07. The van der Waals surface area contributed by atoms with Crippen molar-refractivity contribution >= 4 is 6.08 Å². The predicted octanol–water partition coefficient (Wildman–Crippen LogP) is 3.10. The fraction of sp³-hybridized carbons (Fsp3) is 0.429. The Bertz CT molecular complexity index is 331. The number of rotatable bonds is 6. The summed E-state index contributed by atoms with van der Waals surface area (Å²) in [4.78, 5) is 0. The maximum Gasteiger partial charge on any atom is 0.119 e. The van der Waals surface area contributed by atoms with Gasteiger partial charge in [-0.1, -0.05) is 38.1 Å². The molecule has 0 saturated carbocycles. The summed E-state index contributed by atoms with van der Waals surface area (Å²) in [5, 5.41) is 3.34. The normalized spacial score (nSPS) is 11.2. The van der Waals surface area contributed by atoms with E-state index >= 15 is 0 Å². The average Bonchev–Trinajstić information content (AvgIpc) is 2.25. The summed E-state index contributed by atoms with van der Waals surface area (Å²) < 4.78 is 5.44. The monoisotopic (exact) mass is 219 g/mol. The highest BCUT2D eigenvalue weighted by molar-refractivity contribution is 5.51. The van der Waals surface area contributed by atoms with E-state index in [4.69, 9.17) is 4.74 Å². The van der Waals surface area contributed by atoms with E-state index in [1.165, 1.54) is 5.56 Å². The summed E-state index contributed by atoms with van der Waals surface area (Å²) in [5.41, 5.74) is 1.18. The lowest BCUT2D eigenvalue weighted by atomic mass is 10.2. The van der Waals surface area contributed by atoms with Gasteiger partial charge in [0.1, 0.15) is 5.75 Å². The van der Waals surface area contributed by atoms with E-state index in [9.17, 15) is 0 Å². The number of benzene rings is 1. The van der Waals surface area contributed by atoms with E-state index in [0.717, 1.165) is 12.3 Å². The van der Waals surface area contributed by atoms with Gasteiger partial charge in [-0.25, -0.2) is 0 Å². The van der Waals surface area contributed by atoms with Crippen molar-refractivity contribution in [2.45, 2.75) is 26.8 Å². The maximum absolute atomic E-state index is 5.44. The molecule has 0 aliphatic carbocycles. The highest BCUT2D eigenvalue weighted by atomic mass is 16.5. The third-order valence-corrected chi connectivity index (χ3v) is 2.12. The summed E-state index contributed by atoms with van der Waals surface area (Å²) in [5.74, 6) is 0.932. The van der Waals surface area contributed by atoms with Crippen molar-refractivity contribution in [2.24, 2.45) is 0 Å². The molecule has 2 nitrogen and oxygen atoms in total. The molecule has 2 heteroatoms. The van der Waals surface area contributed by atoms with Crippen LogP contribution in [0.2, 0.25) is 0 Å². The summed E-state index contributed by atoms with van der Waals surface area (Å²) in [6.45, 7) is 7.89. The highest BCUT2D eigenvalue weighted by Gasteiger charge is 1.92. The summed E-state index contributed by atoms with van der Waals surface area (Å²) >= 11 is 0. The lowest BCUT2D eigenvalue weighted by Gasteiger charge is -2.04. The molecular weight excluding hydrogens is 198 g/mol. The van der Waals surface area contributed by atoms with Crippen LogP contribution in [0, 0.1) is 0 Å². The van der Waals surface area contributed by atoms with Crippen LogP contribution >= 0.6 is 0 Å². The first-order chi connectivity index (χ1) is 7.72. The van der Waals surface area contributed by atoms with Gasteiger partial charge < -0.3 is 10.1 Å². The van der Waals surface area contributed by atoms with Gasteiger partial charge in [-0.3, -0.25) is 0 Å². The third-order valence-electron chi connectivity index (χ3n) is 2.12. The minimum absolute atomic E-state index is 0.527. The van der Waals surface area contributed by atoms with E-state index in [1.54, 1.807) is 0 Å². The van der Waals surface area contributed by atoms with Gasteiger partial charge in [0.2, 0.25) is 0 Å². The van der Waals surface area contributed by atoms with Crippen molar-refractivity contribution in [1.82, 2.24) is 5.32 Å². The summed E-state index contributed by atoms with van der Waals surface area (Å²) in [6, 6.07) is 8.65. The van der Waals surface area contributed by atoms with Gasteiger partial charge in [0.15, 0.2) is 0 Å². The Labute approximate surface area is 98.3 Å². The lowest BCUT2D eigenvalue weighted by molar-refractivity contribution is 0.340. The Kier molecular flexibility index (Phi) is 5.65. The molecule has 88 valence electrons. The van der Waals surface area contributed by atoms with E-state index in [2.05, 4.69) is 43.4 Å². The smallest absolute Gasteiger partial charge is 0.119 e. The van der Waals surface area contributed by atoms with Gasteiger partial charge in [0.25, 0.3) is 0 Å². The number of nitrogens with one attached hydrogen (secondary N) is 1. The molecule has 0 atom stereocenters. The SMILES string of the molecule is CCOc1cccc(C=CCNC(C)C)c1. The minimum Gasteiger partial charge on any atom is -0.494 e. The minimum atomic E-state index is 0.527. The Morgan fingerprint density at radius 1 is 1.38 bits per heavy atom. The van der Waals surface area contributed by atoms with Crippen LogP contribution in [0.5, 0.6) is 5.75 Å². The molecule has 0 unspecified atom stereocenters. The molecule has 0 aromatic heterocycles. The van der Waals surface area contributed by atoms with Gasteiger partial charge in [-0.2, -0.15) is 0 Å². The molecule has 0 aliphatic heterocycles. The Morgan fingerprint density at radius 3 is 2.88 bits per heavy atom. The molecule has 1 N–H and O–H groups in total. The van der Waals surface area contributed by atoms with Crippen molar-refractivity contribution in [3.63, 3.8) is 0 Å². The number of hydrogen-bond donors (Lipinski definition) is 1. The number of ether oxygens (including phenoxy) is 1. The van der Waals surface area contributed by atoms with Crippen molar-refractivity contribution in [1.29, 1.82) is 0 Å². The van der Waals surface area contributed by atoms with Crippen LogP contribution in [0.3, 0.4) is 0 Å². The van der Waals surface area contributed by atoms with Crippen LogP contribution in [-0.2, 0) is 0 Å². The zero-order valence-electron chi connectivity index (χ0n) is 10.4. The summed E-state index contributed by atoms with van der Waals surface area (Å²) in [7, 11) is 0. The molecule has 1 aromatic rings. The van der Waals surface area contributed by atoms with Crippen molar-refractivity contribution in [3.8, 4) is 5.75 Å². The Balaban J connectivity index is 2.49. The molecule has 0 amide bonds. The van der Waals surface area contributed by atoms with Gasteiger partial charge in [0, 0.05) is 12.6 Å². The molecule has 0 radical (unpaired) electrons. The van der Waals surface area contributed by atoms with Gasteiger partial charge in [-0.15, -0.1) is 0 Å². The Morgan fingerprint density at radius 2 is 2.19 bits per heavy atom. The molecule has 1 rings (SSSR count). The van der Waals surface area contributed by atoms with Gasteiger partial charge >= 0.3 is 0 Å². The first-order valence-corrected chi connectivity index (χ1v) is 5.85. The molecule has 0 aliphatic rings. The second-order valence-corrected chi connectivity index (χ2v) is 3.97. The topological polar surface area (TPSA) is 21.3 Å². The van der Waals surface area contributed by atoms with E-state index < -0.39 is 0 Å². The zero-order valence-corrected chi connectivity index (χ0v) is 10.4. The van der Waals surface area contributed by atoms with Gasteiger partial charge in [-0.05, 0) is 24.6 Å². The summed E-state index contributed by atoms with van der Waals surface area (Å²) in [6.07, 6.45) is 4.24. The van der Waals surface area contributed by atoms with Crippen molar-refractivity contribution < 1.29 is 4.74 Å².